The second-order valence-corrected chi connectivity index (χ2v) is 4.36. The van der Waals surface area contributed by atoms with Crippen LogP contribution in [0.15, 0.2) is 11.6 Å². The molecule has 0 aromatic carbocycles. The van der Waals surface area contributed by atoms with E-state index in [4.69, 9.17) is 10.5 Å². The van der Waals surface area contributed by atoms with Crippen molar-refractivity contribution >= 4 is 11.3 Å². The van der Waals surface area contributed by atoms with Gasteiger partial charge in [-0.3, -0.25) is 0 Å². The predicted octanol–water partition coefficient (Wildman–Crippen LogP) is 1.60. The SMILES string of the molecule is COCC(N)(c1nccs1)C(C)C. The Kier molecular flexibility index (Phi) is 3.41. The molecule has 0 aliphatic heterocycles. The standard InChI is InChI=1S/C9H16N2OS/c1-7(2)9(10,6-12-3)8-11-4-5-13-8/h4-5,7H,6,10H2,1-3H3. The molecule has 1 atom stereocenters. The van der Waals surface area contributed by atoms with Crippen LogP contribution in [0.1, 0.15) is 18.9 Å². The van der Waals surface area contributed by atoms with Gasteiger partial charge in [0.1, 0.15) is 5.01 Å². The molecule has 0 amide bonds. The van der Waals surface area contributed by atoms with Crippen LogP contribution in [0.5, 0.6) is 0 Å². The van der Waals surface area contributed by atoms with Gasteiger partial charge in [0, 0.05) is 18.7 Å². The lowest BCUT2D eigenvalue weighted by atomic mass is 9.89. The molecule has 0 aliphatic rings. The van der Waals surface area contributed by atoms with Crippen LogP contribution in [0.2, 0.25) is 0 Å². The summed E-state index contributed by atoms with van der Waals surface area (Å²) >= 11 is 1.58. The topological polar surface area (TPSA) is 48.1 Å². The van der Waals surface area contributed by atoms with Crippen molar-refractivity contribution in [1.82, 2.24) is 4.98 Å². The quantitative estimate of drug-likeness (QED) is 0.803. The predicted molar refractivity (Wildman–Crippen MR) is 54.7 cm³/mol. The average molecular weight is 200 g/mol. The Morgan fingerprint density at radius 3 is 2.77 bits per heavy atom. The van der Waals surface area contributed by atoms with Gasteiger partial charge in [0.2, 0.25) is 0 Å². The first-order valence-corrected chi connectivity index (χ1v) is 5.17. The smallest absolute Gasteiger partial charge is 0.115 e. The number of hydrogen-bond donors (Lipinski definition) is 1. The molecule has 1 aromatic heterocycles. The Bertz CT molecular complexity index is 248. The number of aromatic nitrogens is 1. The molecule has 1 rings (SSSR count). The first kappa shape index (κ1) is 10.6. The second-order valence-electron chi connectivity index (χ2n) is 3.47. The molecule has 13 heavy (non-hydrogen) atoms. The zero-order valence-corrected chi connectivity index (χ0v) is 9.10. The third-order valence-corrected chi connectivity index (χ3v) is 3.21. The fourth-order valence-electron chi connectivity index (χ4n) is 1.17. The van der Waals surface area contributed by atoms with Crippen molar-refractivity contribution in [3.05, 3.63) is 16.6 Å². The number of rotatable bonds is 4. The molecule has 2 N–H and O–H groups in total. The van der Waals surface area contributed by atoms with Crippen LogP contribution in [-0.2, 0) is 10.3 Å². The molecule has 1 unspecified atom stereocenters. The van der Waals surface area contributed by atoms with Crippen molar-refractivity contribution < 1.29 is 4.74 Å². The van der Waals surface area contributed by atoms with Crippen LogP contribution in [0.4, 0.5) is 0 Å². The molecule has 0 radical (unpaired) electrons. The molecular weight excluding hydrogens is 184 g/mol. The highest BCUT2D eigenvalue weighted by Crippen LogP contribution is 2.28. The zero-order valence-electron chi connectivity index (χ0n) is 8.28. The van der Waals surface area contributed by atoms with Gasteiger partial charge in [-0.25, -0.2) is 4.98 Å². The molecule has 0 saturated carbocycles. The Labute approximate surface area is 82.9 Å². The summed E-state index contributed by atoms with van der Waals surface area (Å²) in [6, 6.07) is 0. The van der Waals surface area contributed by atoms with E-state index in [1.54, 1.807) is 24.6 Å². The maximum atomic E-state index is 6.24. The summed E-state index contributed by atoms with van der Waals surface area (Å²) in [6.07, 6.45) is 1.78. The molecule has 1 aromatic rings. The summed E-state index contributed by atoms with van der Waals surface area (Å²) in [5.41, 5.74) is 5.80. The van der Waals surface area contributed by atoms with Crippen LogP contribution in [-0.4, -0.2) is 18.7 Å². The van der Waals surface area contributed by atoms with E-state index in [-0.39, 0.29) is 0 Å². The van der Waals surface area contributed by atoms with E-state index < -0.39 is 5.54 Å². The van der Waals surface area contributed by atoms with Gasteiger partial charge in [0.25, 0.3) is 0 Å². The average Bonchev–Trinajstić information content (AvgIpc) is 2.56. The normalized spacial score (nSPS) is 16.1. The maximum Gasteiger partial charge on any atom is 0.115 e. The number of hydrogen-bond acceptors (Lipinski definition) is 4. The highest BCUT2D eigenvalue weighted by Gasteiger charge is 2.33. The third-order valence-electron chi connectivity index (χ3n) is 2.24. The van der Waals surface area contributed by atoms with Crippen molar-refractivity contribution in [3.63, 3.8) is 0 Å². The maximum absolute atomic E-state index is 6.24. The van der Waals surface area contributed by atoms with Crippen molar-refractivity contribution in [2.75, 3.05) is 13.7 Å². The van der Waals surface area contributed by atoms with E-state index in [2.05, 4.69) is 18.8 Å². The summed E-state index contributed by atoms with van der Waals surface area (Å²) in [6.45, 7) is 4.68. The van der Waals surface area contributed by atoms with E-state index in [0.29, 0.717) is 12.5 Å². The minimum absolute atomic E-state index is 0.318. The van der Waals surface area contributed by atoms with Gasteiger partial charge >= 0.3 is 0 Å². The molecule has 0 spiro atoms. The third kappa shape index (κ3) is 2.07. The molecule has 1 heterocycles. The minimum Gasteiger partial charge on any atom is -0.382 e. The Morgan fingerprint density at radius 1 is 1.69 bits per heavy atom. The van der Waals surface area contributed by atoms with Crippen molar-refractivity contribution in [2.24, 2.45) is 11.7 Å². The summed E-state index contributed by atoms with van der Waals surface area (Å²) < 4.78 is 5.13. The van der Waals surface area contributed by atoms with Gasteiger partial charge in [-0.1, -0.05) is 13.8 Å². The van der Waals surface area contributed by atoms with Gasteiger partial charge < -0.3 is 10.5 Å². The number of thiazole rings is 1. The van der Waals surface area contributed by atoms with Crippen molar-refractivity contribution in [3.8, 4) is 0 Å². The zero-order chi connectivity index (χ0) is 9.90. The molecular formula is C9H16N2OS. The van der Waals surface area contributed by atoms with Crippen LogP contribution < -0.4 is 5.73 Å². The molecule has 0 saturated heterocycles. The summed E-state index contributed by atoms with van der Waals surface area (Å²) in [7, 11) is 1.66. The lowest BCUT2D eigenvalue weighted by molar-refractivity contribution is 0.104. The lowest BCUT2D eigenvalue weighted by Gasteiger charge is -2.30. The van der Waals surface area contributed by atoms with E-state index in [9.17, 15) is 0 Å². The van der Waals surface area contributed by atoms with Crippen molar-refractivity contribution in [2.45, 2.75) is 19.4 Å². The summed E-state index contributed by atoms with van der Waals surface area (Å²) in [5, 5.41) is 2.89. The van der Waals surface area contributed by atoms with Gasteiger partial charge in [-0.15, -0.1) is 11.3 Å². The minimum atomic E-state index is -0.442. The molecule has 0 aliphatic carbocycles. The Hall–Kier alpha value is -0.450. The first-order valence-electron chi connectivity index (χ1n) is 4.29. The monoisotopic (exact) mass is 200 g/mol. The fourth-order valence-corrected chi connectivity index (χ4v) is 2.05. The number of ether oxygens (including phenoxy) is 1. The highest BCUT2D eigenvalue weighted by atomic mass is 32.1. The number of nitrogens with zero attached hydrogens (tertiary/aromatic N) is 1. The highest BCUT2D eigenvalue weighted by molar-refractivity contribution is 7.09. The van der Waals surface area contributed by atoms with Crippen LogP contribution in [0.25, 0.3) is 0 Å². The van der Waals surface area contributed by atoms with Crippen LogP contribution in [0.3, 0.4) is 0 Å². The Morgan fingerprint density at radius 2 is 2.38 bits per heavy atom. The molecule has 0 bridgehead atoms. The van der Waals surface area contributed by atoms with E-state index in [0.717, 1.165) is 5.01 Å². The first-order chi connectivity index (χ1) is 6.11. The Balaban J connectivity index is 2.91. The van der Waals surface area contributed by atoms with Crippen LogP contribution >= 0.6 is 11.3 Å². The van der Waals surface area contributed by atoms with Crippen molar-refractivity contribution in [1.29, 1.82) is 0 Å². The molecule has 4 heteroatoms. The van der Waals surface area contributed by atoms with Gasteiger partial charge in [-0.2, -0.15) is 0 Å². The van der Waals surface area contributed by atoms with Gasteiger partial charge in [-0.05, 0) is 5.92 Å². The van der Waals surface area contributed by atoms with Gasteiger partial charge in [0.15, 0.2) is 0 Å². The number of nitrogens with two attached hydrogens (primary N) is 1. The molecule has 0 fully saturated rings. The van der Waals surface area contributed by atoms with Gasteiger partial charge in [0.05, 0.1) is 12.1 Å². The largest absolute Gasteiger partial charge is 0.382 e. The molecule has 3 nitrogen and oxygen atoms in total. The summed E-state index contributed by atoms with van der Waals surface area (Å²) in [5.74, 6) is 0.318. The van der Waals surface area contributed by atoms with E-state index in [1.165, 1.54) is 0 Å². The second kappa shape index (κ2) is 4.17. The number of methoxy groups -OCH3 is 1. The lowest BCUT2D eigenvalue weighted by Crippen LogP contribution is -2.46. The summed E-state index contributed by atoms with van der Waals surface area (Å²) in [4.78, 5) is 4.24. The van der Waals surface area contributed by atoms with E-state index in [1.807, 2.05) is 5.38 Å². The fraction of sp³-hybridized carbons (Fsp3) is 0.667. The molecule has 74 valence electrons. The van der Waals surface area contributed by atoms with Crippen LogP contribution in [0, 0.1) is 5.92 Å². The van der Waals surface area contributed by atoms with E-state index >= 15 is 0 Å².